The van der Waals surface area contributed by atoms with Crippen molar-refractivity contribution in [3.8, 4) is 0 Å². The summed E-state index contributed by atoms with van der Waals surface area (Å²) in [4.78, 5) is 0. The van der Waals surface area contributed by atoms with Gasteiger partial charge in [-0.15, -0.1) is 0 Å². The van der Waals surface area contributed by atoms with E-state index in [1.54, 1.807) is 0 Å². The second-order valence-electron chi connectivity index (χ2n) is 5.79. The topological polar surface area (TPSA) is 0 Å². The lowest BCUT2D eigenvalue weighted by Crippen LogP contribution is -2.31. The Bertz CT molecular complexity index is 157. The molecule has 0 aromatic heterocycles. The average Bonchev–Trinajstić information content (AvgIpc) is 2.45. The zero-order valence-electron chi connectivity index (χ0n) is 10.1. The first-order valence-electron chi connectivity index (χ1n) is 6.00. The maximum absolute atomic E-state index is 2.55. The van der Waals surface area contributed by atoms with Crippen LogP contribution in [0.25, 0.3) is 0 Å². The molecule has 0 spiro atoms. The summed E-state index contributed by atoms with van der Waals surface area (Å²) in [6.07, 6.45) is 5.89. The fourth-order valence-electron chi connectivity index (χ4n) is 3.35. The molecule has 13 heavy (non-hydrogen) atoms. The molecule has 0 nitrogen and oxygen atoms in total. The molecule has 3 atom stereocenters. The van der Waals surface area contributed by atoms with Gasteiger partial charge in [0.25, 0.3) is 0 Å². The molecule has 0 aliphatic heterocycles. The van der Waals surface area contributed by atoms with E-state index in [2.05, 4.69) is 33.5 Å². The van der Waals surface area contributed by atoms with E-state index in [0.717, 1.165) is 17.4 Å². The lowest BCUT2D eigenvalue weighted by molar-refractivity contribution is 0.363. The second-order valence-corrected chi connectivity index (χ2v) is 11.3. The second kappa shape index (κ2) is 4.16. The van der Waals surface area contributed by atoms with E-state index in [4.69, 9.17) is 0 Å². The summed E-state index contributed by atoms with van der Waals surface area (Å²) in [5.74, 6) is 2.12. The van der Waals surface area contributed by atoms with Gasteiger partial charge in [0.2, 0.25) is 0 Å². The third-order valence-electron chi connectivity index (χ3n) is 4.08. The highest BCUT2D eigenvalue weighted by Gasteiger charge is 2.40. The third kappa shape index (κ3) is 2.37. The number of hydrogen-bond acceptors (Lipinski definition) is 0. The van der Waals surface area contributed by atoms with Crippen molar-refractivity contribution in [2.24, 2.45) is 11.8 Å². The Morgan fingerprint density at radius 1 is 1.00 bits per heavy atom. The van der Waals surface area contributed by atoms with Crippen LogP contribution in [0.1, 0.15) is 39.5 Å². The van der Waals surface area contributed by atoms with Crippen molar-refractivity contribution in [2.75, 3.05) is 0 Å². The van der Waals surface area contributed by atoms with Gasteiger partial charge in [0.05, 0.1) is 0 Å². The number of rotatable bonds is 3. The van der Waals surface area contributed by atoms with Crippen LogP contribution in [0.15, 0.2) is 0 Å². The fourth-order valence-corrected chi connectivity index (χ4v) is 6.18. The van der Waals surface area contributed by atoms with Gasteiger partial charge in [0, 0.05) is 8.07 Å². The zero-order chi connectivity index (χ0) is 10.1. The molecule has 0 N–H and O–H groups in total. The highest BCUT2D eigenvalue weighted by Crippen LogP contribution is 2.49. The predicted octanol–water partition coefficient (Wildman–Crippen LogP) is 4.54. The Morgan fingerprint density at radius 2 is 1.62 bits per heavy atom. The lowest BCUT2D eigenvalue weighted by atomic mass is 9.91. The molecule has 1 heteroatoms. The van der Waals surface area contributed by atoms with Crippen molar-refractivity contribution in [1.29, 1.82) is 0 Å². The van der Waals surface area contributed by atoms with Crippen LogP contribution >= 0.6 is 0 Å². The largest absolute Gasteiger partial charge is 0.0693 e. The van der Waals surface area contributed by atoms with E-state index in [9.17, 15) is 0 Å². The van der Waals surface area contributed by atoms with Crippen LogP contribution in [-0.2, 0) is 0 Å². The summed E-state index contributed by atoms with van der Waals surface area (Å²) in [6.45, 7) is 12.4. The third-order valence-corrected chi connectivity index (χ3v) is 7.02. The van der Waals surface area contributed by atoms with Gasteiger partial charge in [-0.1, -0.05) is 59.2 Å². The molecule has 3 unspecified atom stereocenters. The molecule has 0 amide bonds. The molecule has 1 saturated carbocycles. The van der Waals surface area contributed by atoms with Gasteiger partial charge in [-0.25, -0.2) is 0 Å². The van der Waals surface area contributed by atoms with Crippen LogP contribution in [0.2, 0.25) is 25.2 Å². The van der Waals surface area contributed by atoms with E-state index in [1.165, 1.54) is 25.7 Å². The minimum atomic E-state index is -0.866. The Balaban J connectivity index is 2.68. The van der Waals surface area contributed by atoms with Crippen molar-refractivity contribution in [3.05, 3.63) is 0 Å². The van der Waals surface area contributed by atoms with Gasteiger partial charge in [-0.2, -0.15) is 0 Å². The SMILES string of the molecule is CCC1CCC([Si](C)(C)C)C1CC. The van der Waals surface area contributed by atoms with Gasteiger partial charge in [-0.3, -0.25) is 0 Å². The lowest BCUT2D eigenvalue weighted by Gasteiger charge is -2.32. The van der Waals surface area contributed by atoms with Crippen LogP contribution in [-0.4, -0.2) is 8.07 Å². The van der Waals surface area contributed by atoms with Crippen molar-refractivity contribution < 1.29 is 0 Å². The van der Waals surface area contributed by atoms with Crippen LogP contribution in [0.4, 0.5) is 0 Å². The molecule has 1 rings (SSSR count). The van der Waals surface area contributed by atoms with E-state index in [-0.39, 0.29) is 0 Å². The summed E-state index contributed by atoms with van der Waals surface area (Å²) in [5, 5.41) is 0. The summed E-state index contributed by atoms with van der Waals surface area (Å²) < 4.78 is 0. The Labute approximate surface area is 85.1 Å². The Kier molecular flexibility index (Phi) is 3.62. The van der Waals surface area contributed by atoms with Crippen molar-refractivity contribution in [1.82, 2.24) is 0 Å². The molecule has 0 bridgehead atoms. The maximum atomic E-state index is 2.55. The van der Waals surface area contributed by atoms with Gasteiger partial charge in [0.1, 0.15) is 0 Å². The Hall–Kier alpha value is 0.217. The monoisotopic (exact) mass is 198 g/mol. The highest BCUT2D eigenvalue weighted by atomic mass is 28.3. The normalized spacial score (nSPS) is 35.3. The molecule has 0 aromatic carbocycles. The minimum absolute atomic E-state index is 0.866. The molecule has 1 aliphatic rings. The molecular weight excluding hydrogens is 172 g/mol. The van der Waals surface area contributed by atoms with Crippen LogP contribution < -0.4 is 0 Å². The molecule has 0 radical (unpaired) electrons. The van der Waals surface area contributed by atoms with Crippen molar-refractivity contribution in [2.45, 2.75) is 64.7 Å². The summed E-state index contributed by atoms with van der Waals surface area (Å²) in [7, 11) is -0.866. The van der Waals surface area contributed by atoms with Crippen LogP contribution in [0, 0.1) is 11.8 Å². The predicted molar refractivity (Wildman–Crippen MR) is 63.9 cm³/mol. The van der Waals surface area contributed by atoms with Crippen molar-refractivity contribution in [3.63, 3.8) is 0 Å². The van der Waals surface area contributed by atoms with Crippen LogP contribution in [0.3, 0.4) is 0 Å². The first kappa shape index (κ1) is 11.3. The van der Waals surface area contributed by atoms with Gasteiger partial charge in [0.15, 0.2) is 0 Å². The van der Waals surface area contributed by atoms with Crippen LogP contribution in [0.5, 0.6) is 0 Å². The Morgan fingerprint density at radius 3 is 2.00 bits per heavy atom. The van der Waals surface area contributed by atoms with Gasteiger partial charge < -0.3 is 0 Å². The molecule has 0 heterocycles. The fraction of sp³-hybridized carbons (Fsp3) is 1.00. The highest BCUT2D eigenvalue weighted by molar-refractivity contribution is 6.77. The van der Waals surface area contributed by atoms with E-state index < -0.39 is 8.07 Å². The molecule has 1 aliphatic carbocycles. The quantitative estimate of drug-likeness (QED) is 0.584. The van der Waals surface area contributed by atoms with Crippen molar-refractivity contribution >= 4 is 8.07 Å². The van der Waals surface area contributed by atoms with E-state index >= 15 is 0 Å². The molecule has 78 valence electrons. The standard InChI is InChI=1S/C12H26Si/c1-6-10-8-9-12(11(10)7-2)13(3,4)5/h10-12H,6-9H2,1-5H3. The molecular formula is C12H26Si. The summed E-state index contributed by atoms with van der Waals surface area (Å²) in [6, 6.07) is 0. The minimum Gasteiger partial charge on any atom is -0.0693 e. The van der Waals surface area contributed by atoms with E-state index in [0.29, 0.717) is 0 Å². The van der Waals surface area contributed by atoms with E-state index in [1.807, 2.05) is 0 Å². The number of hydrogen-bond donors (Lipinski definition) is 0. The van der Waals surface area contributed by atoms with Gasteiger partial charge >= 0.3 is 0 Å². The zero-order valence-corrected chi connectivity index (χ0v) is 11.1. The maximum Gasteiger partial charge on any atom is 0.0476 e. The summed E-state index contributed by atoms with van der Waals surface area (Å²) in [5.41, 5.74) is 1.11. The smallest absolute Gasteiger partial charge is 0.0476 e. The molecule has 0 saturated heterocycles. The summed E-state index contributed by atoms with van der Waals surface area (Å²) >= 11 is 0. The molecule has 0 aromatic rings. The average molecular weight is 198 g/mol. The van der Waals surface area contributed by atoms with Gasteiger partial charge in [-0.05, 0) is 17.4 Å². The first-order valence-corrected chi connectivity index (χ1v) is 9.58. The first-order chi connectivity index (χ1) is 6.00. The molecule has 1 fully saturated rings.